The highest BCUT2D eigenvalue weighted by molar-refractivity contribution is 7.90. The summed E-state index contributed by atoms with van der Waals surface area (Å²) in [6.45, 7) is 2.75. The third-order valence-electron chi connectivity index (χ3n) is 5.46. The Morgan fingerprint density at radius 3 is 2.46 bits per heavy atom. The maximum atomic E-state index is 12.7. The molecule has 3 aliphatic rings. The lowest BCUT2D eigenvalue weighted by Crippen LogP contribution is -2.53. The molecule has 2 atom stereocenters. The SMILES string of the molecule is Cl.O=C(C1CCCC1)N1CCCC(S(=O)(=O)N[C@@H]2CCCNC2)C1. The Balaban J connectivity index is 0.00000208. The molecule has 8 heteroatoms. The highest BCUT2D eigenvalue weighted by Gasteiger charge is 2.36. The van der Waals surface area contributed by atoms with Crippen LogP contribution in [-0.2, 0) is 14.8 Å². The van der Waals surface area contributed by atoms with Gasteiger partial charge in [-0.1, -0.05) is 12.8 Å². The summed E-state index contributed by atoms with van der Waals surface area (Å²) in [5.74, 6) is 0.314. The van der Waals surface area contributed by atoms with Gasteiger partial charge in [0.2, 0.25) is 15.9 Å². The van der Waals surface area contributed by atoms with Gasteiger partial charge in [0.25, 0.3) is 0 Å². The van der Waals surface area contributed by atoms with Crippen LogP contribution in [0.3, 0.4) is 0 Å². The Kier molecular flexibility index (Phi) is 7.34. The zero-order valence-electron chi connectivity index (χ0n) is 14.2. The van der Waals surface area contributed by atoms with Gasteiger partial charge in [-0.2, -0.15) is 0 Å². The number of carbonyl (C=O) groups is 1. The predicted octanol–water partition coefficient (Wildman–Crippen LogP) is 1.26. The first kappa shape index (κ1) is 19.9. The van der Waals surface area contributed by atoms with Gasteiger partial charge >= 0.3 is 0 Å². The van der Waals surface area contributed by atoms with E-state index in [9.17, 15) is 13.2 Å². The van der Waals surface area contributed by atoms with Crippen LogP contribution < -0.4 is 10.0 Å². The van der Waals surface area contributed by atoms with E-state index in [4.69, 9.17) is 0 Å². The summed E-state index contributed by atoms with van der Waals surface area (Å²) in [6, 6.07) is -0.00494. The number of amides is 1. The van der Waals surface area contributed by atoms with E-state index in [1.807, 2.05) is 4.90 Å². The van der Waals surface area contributed by atoms with Gasteiger partial charge in [-0.05, 0) is 45.1 Å². The van der Waals surface area contributed by atoms with Crippen LogP contribution in [0.25, 0.3) is 0 Å². The van der Waals surface area contributed by atoms with Crippen molar-refractivity contribution in [1.82, 2.24) is 14.9 Å². The molecule has 1 unspecified atom stereocenters. The molecule has 24 heavy (non-hydrogen) atoms. The summed E-state index contributed by atoms with van der Waals surface area (Å²) in [4.78, 5) is 14.4. The van der Waals surface area contributed by atoms with E-state index >= 15 is 0 Å². The molecule has 3 fully saturated rings. The fraction of sp³-hybridized carbons (Fsp3) is 0.938. The number of nitrogens with one attached hydrogen (secondary N) is 2. The maximum absolute atomic E-state index is 12.7. The lowest BCUT2D eigenvalue weighted by atomic mass is 10.0. The van der Waals surface area contributed by atoms with Crippen LogP contribution in [0.4, 0.5) is 0 Å². The molecule has 2 saturated heterocycles. The Hall–Kier alpha value is -0.370. The molecule has 1 saturated carbocycles. The number of likely N-dealkylation sites (tertiary alicyclic amines) is 1. The first-order valence-electron chi connectivity index (χ1n) is 9.07. The van der Waals surface area contributed by atoms with E-state index in [1.165, 1.54) is 0 Å². The quantitative estimate of drug-likeness (QED) is 0.770. The van der Waals surface area contributed by atoms with Crippen molar-refractivity contribution in [3.8, 4) is 0 Å². The van der Waals surface area contributed by atoms with Crippen LogP contribution in [0.1, 0.15) is 51.4 Å². The Morgan fingerprint density at radius 1 is 1.04 bits per heavy atom. The first-order chi connectivity index (χ1) is 11.1. The molecule has 0 spiro atoms. The summed E-state index contributed by atoms with van der Waals surface area (Å²) < 4.78 is 28.2. The minimum atomic E-state index is -3.36. The fourth-order valence-electron chi connectivity index (χ4n) is 4.10. The van der Waals surface area contributed by atoms with Crippen molar-refractivity contribution in [3.63, 3.8) is 0 Å². The highest BCUT2D eigenvalue weighted by Crippen LogP contribution is 2.28. The van der Waals surface area contributed by atoms with Crippen molar-refractivity contribution in [3.05, 3.63) is 0 Å². The summed E-state index contributed by atoms with van der Waals surface area (Å²) in [5.41, 5.74) is 0. The Bertz CT molecular complexity index is 517. The zero-order valence-corrected chi connectivity index (χ0v) is 15.8. The van der Waals surface area contributed by atoms with E-state index in [0.29, 0.717) is 26.1 Å². The largest absolute Gasteiger partial charge is 0.341 e. The molecule has 0 bridgehead atoms. The minimum Gasteiger partial charge on any atom is -0.341 e. The van der Waals surface area contributed by atoms with Crippen molar-refractivity contribution in [1.29, 1.82) is 0 Å². The topological polar surface area (TPSA) is 78.5 Å². The van der Waals surface area contributed by atoms with Crippen LogP contribution in [-0.4, -0.2) is 56.7 Å². The number of carbonyl (C=O) groups excluding carboxylic acids is 1. The van der Waals surface area contributed by atoms with E-state index in [-0.39, 0.29) is 30.3 Å². The second-order valence-corrected chi connectivity index (χ2v) is 9.23. The highest BCUT2D eigenvalue weighted by atomic mass is 35.5. The normalized spacial score (nSPS) is 29.2. The number of nitrogens with zero attached hydrogens (tertiary/aromatic N) is 1. The van der Waals surface area contributed by atoms with Gasteiger partial charge in [0, 0.05) is 31.6 Å². The minimum absolute atomic E-state index is 0. The van der Waals surface area contributed by atoms with Crippen LogP contribution >= 0.6 is 12.4 Å². The molecule has 1 amide bonds. The Labute approximate surface area is 151 Å². The molecule has 0 aromatic heterocycles. The van der Waals surface area contributed by atoms with Gasteiger partial charge < -0.3 is 10.2 Å². The fourth-order valence-corrected chi connectivity index (χ4v) is 5.81. The van der Waals surface area contributed by atoms with Crippen LogP contribution in [0.5, 0.6) is 0 Å². The summed E-state index contributed by atoms with van der Waals surface area (Å²) in [7, 11) is -3.36. The van der Waals surface area contributed by atoms with E-state index in [2.05, 4.69) is 10.0 Å². The van der Waals surface area contributed by atoms with Crippen molar-refractivity contribution in [2.45, 2.75) is 62.7 Å². The average Bonchev–Trinajstić information content (AvgIpc) is 3.09. The number of piperidine rings is 2. The van der Waals surface area contributed by atoms with E-state index in [1.54, 1.807) is 0 Å². The second kappa shape index (κ2) is 8.83. The molecule has 0 aromatic rings. The molecular formula is C16H30ClN3O3S. The molecule has 140 valence electrons. The lowest BCUT2D eigenvalue weighted by molar-refractivity contribution is -0.136. The summed E-state index contributed by atoms with van der Waals surface area (Å²) in [6.07, 6.45) is 7.53. The number of hydrogen-bond acceptors (Lipinski definition) is 4. The van der Waals surface area contributed by atoms with Crippen molar-refractivity contribution in [2.24, 2.45) is 5.92 Å². The smallest absolute Gasteiger partial charge is 0.225 e. The molecule has 0 radical (unpaired) electrons. The number of hydrogen-bond donors (Lipinski definition) is 2. The first-order valence-corrected chi connectivity index (χ1v) is 10.6. The van der Waals surface area contributed by atoms with Crippen molar-refractivity contribution in [2.75, 3.05) is 26.2 Å². The van der Waals surface area contributed by atoms with Crippen LogP contribution in [0.2, 0.25) is 0 Å². The van der Waals surface area contributed by atoms with Gasteiger partial charge in [-0.3, -0.25) is 4.79 Å². The lowest BCUT2D eigenvalue weighted by Gasteiger charge is -2.35. The third kappa shape index (κ3) is 4.84. The van der Waals surface area contributed by atoms with Gasteiger partial charge in [0.15, 0.2) is 0 Å². The van der Waals surface area contributed by atoms with E-state index < -0.39 is 15.3 Å². The van der Waals surface area contributed by atoms with Gasteiger partial charge in [0.05, 0.1) is 5.25 Å². The zero-order chi connectivity index (χ0) is 16.3. The van der Waals surface area contributed by atoms with Gasteiger partial charge in [-0.25, -0.2) is 13.1 Å². The molecule has 0 aromatic carbocycles. The van der Waals surface area contributed by atoms with Crippen LogP contribution in [0, 0.1) is 5.92 Å². The van der Waals surface area contributed by atoms with E-state index in [0.717, 1.165) is 51.5 Å². The number of sulfonamides is 1. The van der Waals surface area contributed by atoms with Crippen molar-refractivity contribution >= 4 is 28.3 Å². The molecular weight excluding hydrogens is 350 g/mol. The van der Waals surface area contributed by atoms with Gasteiger partial charge in [-0.15, -0.1) is 12.4 Å². The summed E-state index contributed by atoms with van der Waals surface area (Å²) >= 11 is 0. The maximum Gasteiger partial charge on any atom is 0.225 e. The molecule has 2 N–H and O–H groups in total. The predicted molar refractivity (Wildman–Crippen MR) is 96.8 cm³/mol. The second-order valence-electron chi connectivity index (χ2n) is 7.24. The Morgan fingerprint density at radius 2 is 1.79 bits per heavy atom. The molecule has 2 heterocycles. The van der Waals surface area contributed by atoms with Crippen LogP contribution in [0.15, 0.2) is 0 Å². The van der Waals surface area contributed by atoms with Gasteiger partial charge in [0.1, 0.15) is 0 Å². The molecule has 2 aliphatic heterocycles. The molecule has 1 aliphatic carbocycles. The third-order valence-corrected chi connectivity index (χ3v) is 7.39. The molecule has 6 nitrogen and oxygen atoms in total. The van der Waals surface area contributed by atoms with Crippen molar-refractivity contribution < 1.29 is 13.2 Å². The molecule has 3 rings (SSSR count). The number of halogens is 1. The average molecular weight is 380 g/mol. The monoisotopic (exact) mass is 379 g/mol. The standard InChI is InChI=1S/C16H29N3O3S.ClH/c20-16(13-5-1-2-6-13)19-10-4-8-15(12-19)23(21,22)18-14-7-3-9-17-11-14;/h13-15,17-18H,1-12H2;1H/t14-,15?;/m1./s1. The summed E-state index contributed by atoms with van der Waals surface area (Å²) in [5, 5.41) is 2.78. The number of rotatable bonds is 4.